The summed E-state index contributed by atoms with van der Waals surface area (Å²) in [6, 6.07) is 21.1. The van der Waals surface area contributed by atoms with Gasteiger partial charge < -0.3 is 10.2 Å². The van der Waals surface area contributed by atoms with Gasteiger partial charge in [-0.05, 0) is 62.4 Å². The first-order chi connectivity index (χ1) is 12.8. The van der Waals surface area contributed by atoms with E-state index in [9.17, 15) is 4.79 Å². The summed E-state index contributed by atoms with van der Waals surface area (Å²) >= 11 is 0. The van der Waals surface area contributed by atoms with Gasteiger partial charge in [-0.15, -0.1) is 0 Å². The molecule has 0 aliphatic carbocycles. The minimum absolute atomic E-state index is 0.222. The maximum absolute atomic E-state index is 12.9. The second-order valence-corrected chi connectivity index (χ2v) is 7.15. The van der Waals surface area contributed by atoms with Crippen molar-refractivity contribution in [1.82, 2.24) is 5.32 Å². The van der Waals surface area contributed by atoms with E-state index >= 15 is 0 Å². The number of aryl methyl sites for hydroxylation is 1. The standard InChI is InChI=1S/C23H30N2O/c1-2-23(26)25(21-13-7-4-8-14-21)22(20-12-9-17-24-18-20)16-15-19-10-5-3-6-11-19/h3-8,10-11,13-14,20,22,24H,2,9,12,15-18H2,1H3/t20?,22-/m1/s1. The molecule has 0 saturated carbocycles. The number of para-hydroxylation sites is 1. The molecule has 0 radical (unpaired) electrons. The fourth-order valence-electron chi connectivity index (χ4n) is 4.02. The summed E-state index contributed by atoms with van der Waals surface area (Å²) in [4.78, 5) is 15.0. The molecule has 0 aromatic heterocycles. The van der Waals surface area contributed by atoms with Crippen LogP contribution in [0.3, 0.4) is 0 Å². The van der Waals surface area contributed by atoms with Gasteiger partial charge in [-0.1, -0.05) is 55.5 Å². The number of benzene rings is 2. The van der Waals surface area contributed by atoms with Gasteiger partial charge in [0.1, 0.15) is 0 Å². The van der Waals surface area contributed by atoms with Gasteiger partial charge in [-0.2, -0.15) is 0 Å². The number of hydrogen-bond donors (Lipinski definition) is 1. The highest BCUT2D eigenvalue weighted by atomic mass is 16.2. The number of amides is 1. The van der Waals surface area contributed by atoms with Crippen molar-refractivity contribution in [3.05, 3.63) is 66.2 Å². The van der Waals surface area contributed by atoms with Crippen LogP contribution in [0.25, 0.3) is 0 Å². The van der Waals surface area contributed by atoms with E-state index in [0.29, 0.717) is 12.3 Å². The molecule has 1 unspecified atom stereocenters. The Labute approximate surface area is 157 Å². The average Bonchev–Trinajstić information content (AvgIpc) is 2.72. The lowest BCUT2D eigenvalue weighted by molar-refractivity contribution is -0.119. The van der Waals surface area contributed by atoms with E-state index < -0.39 is 0 Å². The molecule has 0 bridgehead atoms. The predicted molar refractivity (Wildman–Crippen MR) is 108 cm³/mol. The van der Waals surface area contributed by atoms with Crippen molar-refractivity contribution in [2.45, 2.75) is 45.1 Å². The van der Waals surface area contributed by atoms with Crippen molar-refractivity contribution in [3.63, 3.8) is 0 Å². The van der Waals surface area contributed by atoms with Gasteiger partial charge >= 0.3 is 0 Å². The topological polar surface area (TPSA) is 32.3 Å². The second-order valence-electron chi connectivity index (χ2n) is 7.15. The van der Waals surface area contributed by atoms with Crippen molar-refractivity contribution in [2.75, 3.05) is 18.0 Å². The second kappa shape index (κ2) is 9.54. The first-order valence-electron chi connectivity index (χ1n) is 9.91. The largest absolute Gasteiger partial charge is 0.316 e. The number of carbonyl (C=O) groups excluding carboxylic acids is 1. The number of nitrogens with one attached hydrogen (secondary N) is 1. The fraction of sp³-hybridized carbons (Fsp3) is 0.435. The van der Waals surface area contributed by atoms with E-state index in [2.05, 4.69) is 52.7 Å². The number of anilines is 1. The van der Waals surface area contributed by atoms with Gasteiger partial charge in [-0.3, -0.25) is 4.79 Å². The molecular formula is C23H30N2O. The highest BCUT2D eigenvalue weighted by Crippen LogP contribution is 2.29. The van der Waals surface area contributed by atoms with E-state index in [-0.39, 0.29) is 11.9 Å². The molecule has 2 aromatic carbocycles. The van der Waals surface area contributed by atoms with Crippen molar-refractivity contribution < 1.29 is 4.79 Å². The molecule has 1 amide bonds. The SMILES string of the molecule is CCC(=O)N(c1ccccc1)[C@H](CCc1ccccc1)C1CCCNC1. The minimum Gasteiger partial charge on any atom is -0.316 e. The highest BCUT2D eigenvalue weighted by molar-refractivity contribution is 5.93. The van der Waals surface area contributed by atoms with Crippen LogP contribution in [0, 0.1) is 5.92 Å². The van der Waals surface area contributed by atoms with Gasteiger partial charge in [0.2, 0.25) is 5.91 Å². The van der Waals surface area contributed by atoms with E-state index in [4.69, 9.17) is 0 Å². The Hall–Kier alpha value is -2.13. The molecule has 26 heavy (non-hydrogen) atoms. The number of rotatable bonds is 7. The average molecular weight is 351 g/mol. The Balaban J connectivity index is 1.86. The van der Waals surface area contributed by atoms with E-state index in [0.717, 1.165) is 31.6 Å². The number of nitrogens with zero attached hydrogens (tertiary/aromatic N) is 1. The summed E-state index contributed by atoms with van der Waals surface area (Å²) in [5, 5.41) is 3.54. The summed E-state index contributed by atoms with van der Waals surface area (Å²) < 4.78 is 0. The molecular weight excluding hydrogens is 320 g/mol. The van der Waals surface area contributed by atoms with Gasteiger partial charge in [0, 0.05) is 18.2 Å². The molecule has 3 nitrogen and oxygen atoms in total. The Morgan fingerprint density at radius 3 is 2.42 bits per heavy atom. The van der Waals surface area contributed by atoms with Crippen molar-refractivity contribution in [2.24, 2.45) is 5.92 Å². The molecule has 3 heteroatoms. The van der Waals surface area contributed by atoms with Crippen LogP contribution < -0.4 is 10.2 Å². The molecule has 1 saturated heterocycles. The lowest BCUT2D eigenvalue weighted by Crippen LogP contribution is -2.49. The zero-order valence-electron chi connectivity index (χ0n) is 15.7. The fourth-order valence-corrected chi connectivity index (χ4v) is 4.02. The third kappa shape index (κ3) is 4.73. The molecule has 138 valence electrons. The molecule has 1 heterocycles. The molecule has 1 fully saturated rings. The van der Waals surface area contributed by atoms with Crippen LogP contribution in [0.1, 0.15) is 38.2 Å². The van der Waals surface area contributed by atoms with Crippen LogP contribution in [-0.4, -0.2) is 25.0 Å². The third-order valence-electron chi connectivity index (χ3n) is 5.39. The van der Waals surface area contributed by atoms with Crippen molar-refractivity contribution in [1.29, 1.82) is 0 Å². The highest BCUT2D eigenvalue weighted by Gasteiger charge is 2.31. The van der Waals surface area contributed by atoms with Gasteiger partial charge in [0.15, 0.2) is 0 Å². The summed E-state index contributed by atoms with van der Waals surface area (Å²) in [6.07, 6.45) is 4.92. The summed E-state index contributed by atoms with van der Waals surface area (Å²) in [7, 11) is 0. The molecule has 2 atom stereocenters. The summed E-state index contributed by atoms with van der Waals surface area (Å²) in [5.74, 6) is 0.725. The Morgan fingerprint density at radius 1 is 1.12 bits per heavy atom. The zero-order valence-corrected chi connectivity index (χ0v) is 15.7. The Morgan fingerprint density at radius 2 is 1.81 bits per heavy atom. The predicted octanol–water partition coefficient (Wildman–Crippen LogP) is 4.43. The molecule has 0 spiro atoms. The lowest BCUT2D eigenvalue weighted by Gasteiger charge is -2.39. The number of piperidine rings is 1. The van der Waals surface area contributed by atoms with Crippen molar-refractivity contribution in [3.8, 4) is 0 Å². The maximum atomic E-state index is 12.9. The number of carbonyl (C=O) groups is 1. The van der Waals surface area contributed by atoms with Crippen LogP contribution in [-0.2, 0) is 11.2 Å². The smallest absolute Gasteiger partial charge is 0.226 e. The van der Waals surface area contributed by atoms with Gasteiger partial charge in [0.25, 0.3) is 0 Å². The minimum atomic E-state index is 0.222. The third-order valence-corrected chi connectivity index (χ3v) is 5.39. The molecule has 1 N–H and O–H groups in total. The Kier molecular flexibility index (Phi) is 6.84. The summed E-state index contributed by atoms with van der Waals surface area (Å²) in [5.41, 5.74) is 2.38. The molecule has 1 aliphatic rings. The van der Waals surface area contributed by atoms with Crippen LogP contribution in [0.15, 0.2) is 60.7 Å². The zero-order chi connectivity index (χ0) is 18.2. The van der Waals surface area contributed by atoms with Crippen LogP contribution >= 0.6 is 0 Å². The van der Waals surface area contributed by atoms with E-state index in [1.54, 1.807) is 0 Å². The quantitative estimate of drug-likeness (QED) is 0.801. The lowest BCUT2D eigenvalue weighted by atomic mass is 9.86. The van der Waals surface area contributed by atoms with E-state index in [1.807, 2.05) is 25.1 Å². The monoisotopic (exact) mass is 350 g/mol. The first-order valence-corrected chi connectivity index (χ1v) is 9.91. The van der Waals surface area contributed by atoms with Crippen molar-refractivity contribution >= 4 is 11.6 Å². The van der Waals surface area contributed by atoms with Crippen LogP contribution in [0.2, 0.25) is 0 Å². The maximum Gasteiger partial charge on any atom is 0.226 e. The normalized spacial score (nSPS) is 18.3. The number of hydrogen-bond acceptors (Lipinski definition) is 2. The first kappa shape index (κ1) is 18.7. The molecule has 1 aliphatic heterocycles. The van der Waals surface area contributed by atoms with Crippen LogP contribution in [0.5, 0.6) is 0 Å². The summed E-state index contributed by atoms with van der Waals surface area (Å²) in [6.45, 7) is 4.06. The molecule has 2 aromatic rings. The van der Waals surface area contributed by atoms with Gasteiger partial charge in [-0.25, -0.2) is 0 Å². The Bertz CT molecular complexity index is 665. The van der Waals surface area contributed by atoms with Crippen LogP contribution in [0.4, 0.5) is 5.69 Å². The molecule has 3 rings (SSSR count). The van der Waals surface area contributed by atoms with Gasteiger partial charge in [0.05, 0.1) is 0 Å². The van der Waals surface area contributed by atoms with E-state index in [1.165, 1.54) is 18.4 Å².